The molecular weight excluding hydrogens is 394 g/mol. The summed E-state index contributed by atoms with van der Waals surface area (Å²) in [4.78, 5) is 30.5. The molecule has 30 heavy (non-hydrogen) atoms. The van der Waals surface area contributed by atoms with Crippen LogP contribution in [0.3, 0.4) is 0 Å². The highest BCUT2D eigenvalue weighted by Gasteiger charge is 2.16. The van der Waals surface area contributed by atoms with Crippen LogP contribution in [0, 0.1) is 13.8 Å². The molecule has 0 bridgehead atoms. The number of thioether (sulfide) groups is 1. The van der Waals surface area contributed by atoms with E-state index in [0.717, 1.165) is 22.5 Å². The molecular formula is C24H21N3O2S. The first-order valence-electron chi connectivity index (χ1n) is 9.60. The zero-order valence-corrected chi connectivity index (χ0v) is 17.6. The van der Waals surface area contributed by atoms with E-state index >= 15 is 0 Å². The number of aromatic nitrogens is 2. The monoisotopic (exact) mass is 415 g/mol. The molecule has 1 heterocycles. The molecule has 0 saturated heterocycles. The predicted molar refractivity (Wildman–Crippen MR) is 123 cm³/mol. The number of rotatable bonds is 5. The van der Waals surface area contributed by atoms with E-state index in [-0.39, 0.29) is 17.2 Å². The standard InChI is InChI=1S/C24H21N3O2S/c1-16-11-13-18(14-12-16)25-22(28)15-30-24-26-20-9-5-4-8-19(20)23(29)27(24)21-10-6-3-7-17(21)2/h3-14H,15H2,1-2H3,(H,25,28). The van der Waals surface area contributed by atoms with Gasteiger partial charge in [0, 0.05) is 5.69 Å². The summed E-state index contributed by atoms with van der Waals surface area (Å²) in [6.07, 6.45) is 0. The molecule has 0 saturated carbocycles. The Balaban J connectivity index is 1.68. The Hall–Kier alpha value is -3.38. The lowest BCUT2D eigenvalue weighted by Gasteiger charge is -2.15. The van der Waals surface area contributed by atoms with Gasteiger partial charge >= 0.3 is 0 Å². The van der Waals surface area contributed by atoms with E-state index in [0.29, 0.717) is 16.1 Å². The number of fused-ring (bicyclic) bond motifs is 1. The molecule has 1 amide bonds. The fourth-order valence-corrected chi connectivity index (χ4v) is 4.01. The summed E-state index contributed by atoms with van der Waals surface area (Å²) in [7, 11) is 0. The average Bonchev–Trinajstić information content (AvgIpc) is 2.75. The molecule has 1 aromatic heterocycles. The Morgan fingerprint density at radius 2 is 1.67 bits per heavy atom. The van der Waals surface area contributed by atoms with Gasteiger partial charge in [-0.25, -0.2) is 4.98 Å². The third-order valence-corrected chi connectivity index (χ3v) is 5.71. The zero-order valence-electron chi connectivity index (χ0n) is 16.8. The maximum absolute atomic E-state index is 13.3. The molecule has 0 aliphatic rings. The molecule has 150 valence electrons. The van der Waals surface area contributed by atoms with Crippen molar-refractivity contribution in [3.05, 3.63) is 94.3 Å². The molecule has 0 unspecified atom stereocenters. The number of aryl methyl sites for hydroxylation is 2. The van der Waals surface area contributed by atoms with Crippen LogP contribution < -0.4 is 10.9 Å². The van der Waals surface area contributed by atoms with E-state index in [1.54, 1.807) is 10.6 Å². The van der Waals surface area contributed by atoms with Crippen molar-refractivity contribution in [2.75, 3.05) is 11.1 Å². The van der Waals surface area contributed by atoms with Gasteiger partial charge in [0.25, 0.3) is 5.56 Å². The fraction of sp³-hybridized carbons (Fsp3) is 0.125. The average molecular weight is 416 g/mol. The number of benzene rings is 3. The summed E-state index contributed by atoms with van der Waals surface area (Å²) in [5, 5.41) is 3.93. The first kappa shape index (κ1) is 19.9. The summed E-state index contributed by atoms with van der Waals surface area (Å²) >= 11 is 1.25. The topological polar surface area (TPSA) is 64.0 Å². The second-order valence-electron chi connectivity index (χ2n) is 7.04. The summed E-state index contributed by atoms with van der Waals surface area (Å²) in [5.41, 5.74) is 4.08. The van der Waals surface area contributed by atoms with Crippen LogP contribution in [0.2, 0.25) is 0 Å². The second-order valence-corrected chi connectivity index (χ2v) is 7.98. The fourth-order valence-electron chi connectivity index (χ4n) is 3.20. The van der Waals surface area contributed by atoms with Crippen molar-refractivity contribution in [2.24, 2.45) is 0 Å². The Kier molecular flexibility index (Phi) is 5.68. The van der Waals surface area contributed by atoms with Crippen molar-refractivity contribution in [1.29, 1.82) is 0 Å². The molecule has 5 nitrogen and oxygen atoms in total. The SMILES string of the molecule is Cc1ccc(NC(=O)CSc2nc3ccccc3c(=O)n2-c2ccccc2C)cc1. The highest BCUT2D eigenvalue weighted by molar-refractivity contribution is 7.99. The lowest BCUT2D eigenvalue weighted by atomic mass is 10.2. The van der Waals surface area contributed by atoms with Gasteiger partial charge in [-0.15, -0.1) is 0 Å². The normalized spacial score (nSPS) is 10.9. The minimum atomic E-state index is -0.150. The maximum atomic E-state index is 13.3. The third kappa shape index (κ3) is 4.14. The van der Waals surface area contributed by atoms with Gasteiger partial charge in [-0.3, -0.25) is 14.2 Å². The van der Waals surface area contributed by atoms with Crippen LogP contribution in [0.15, 0.2) is 82.7 Å². The van der Waals surface area contributed by atoms with Gasteiger partial charge in [0.05, 0.1) is 22.3 Å². The third-order valence-electron chi connectivity index (χ3n) is 4.77. The van der Waals surface area contributed by atoms with Gasteiger partial charge < -0.3 is 5.32 Å². The van der Waals surface area contributed by atoms with Crippen molar-refractivity contribution >= 4 is 34.3 Å². The Bertz CT molecular complexity index is 1280. The van der Waals surface area contributed by atoms with E-state index in [1.807, 2.05) is 80.6 Å². The number of amides is 1. The number of nitrogens with one attached hydrogen (secondary N) is 1. The van der Waals surface area contributed by atoms with E-state index in [9.17, 15) is 9.59 Å². The highest BCUT2D eigenvalue weighted by atomic mass is 32.2. The molecule has 4 rings (SSSR count). The van der Waals surface area contributed by atoms with Crippen molar-refractivity contribution in [3.8, 4) is 5.69 Å². The van der Waals surface area contributed by atoms with Crippen LogP contribution in [-0.2, 0) is 4.79 Å². The Morgan fingerprint density at radius 3 is 2.43 bits per heavy atom. The van der Waals surface area contributed by atoms with Crippen LogP contribution in [0.25, 0.3) is 16.6 Å². The van der Waals surface area contributed by atoms with Gasteiger partial charge in [-0.2, -0.15) is 0 Å². The van der Waals surface area contributed by atoms with Crippen molar-refractivity contribution < 1.29 is 4.79 Å². The molecule has 3 aromatic carbocycles. The first-order chi connectivity index (χ1) is 14.5. The van der Waals surface area contributed by atoms with Gasteiger partial charge in [0.15, 0.2) is 5.16 Å². The molecule has 0 aliphatic heterocycles. The van der Waals surface area contributed by atoms with Crippen LogP contribution in [0.5, 0.6) is 0 Å². The molecule has 0 atom stereocenters. The molecule has 0 fully saturated rings. The Morgan fingerprint density at radius 1 is 0.967 bits per heavy atom. The Labute approximate surface area is 178 Å². The van der Waals surface area contributed by atoms with Crippen molar-refractivity contribution in [3.63, 3.8) is 0 Å². The van der Waals surface area contributed by atoms with E-state index < -0.39 is 0 Å². The van der Waals surface area contributed by atoms with Crippen LogP contribution in [-0.4, -0.2) is 21.2 Å². The van der Waals surface area contributed by atoms with E-state index in [2.05, 4.69) is 5.32 Å². The molecule has 0 aliphatic carbocycles. The minimum absolute atomic E-state index is 0.142. The van der Waals surface area contributed by atoms with Crippen molar-refractivity contribution in [1.82, 2.24) is 9.55 Å². The quantitative estimate of drug-likeness (QED) is 0.378. The number of hydrogen-bond acceptors (Lipinski definition) is 4. The molecule has 4 aromatic rings. The van der Waals surface area contributed by atoms with Gasteiger partial charge in [0.1, 0.15) is 0 Å². The van der Waals surface area contributed by atoms with Crippen LogP contribution >= 0.6 is 11.8 Å². The van der Waals surface area contributed by atoms with Crippen LogP contribution in [0.1, 0.15) is 11.1 Å². The number of anilines is 1. The number of carbonyl (C=O) groups excluding carboxylic acids is 1. The van der Waals surface area contributed by atoms with Crippen LogP contribution in [0.4, 0.5) is 5.69 Å². The van der Waals surface area contributed by atoms with Gasteiger partial charge in [-0.1, -0.05) is 59.8 Å². The molecule has 0 spiro atoms. The maximum Gasteiger partial charge on any atom is 0.266 e. The second kappa shape index (κ2) is 8.55. The van der Waals surface area contributed by atoms with E-state index in [4.69, 9.17) is 4.98 Å². The number of carbonyl (C=O) groups is 1. The van der Waals surface area contributed by atoms with Gasteiger partial charge in [-0.05, 0) is 49.7 Å². The summed E-state index contributed by atoms with van der Waals surface area (Å²) in [6.45, 7) is 3.95. The lowest BCUT2D eigenvalue weighted by Crippen LogP contribution is -2.23. The highest BCUT2D eigenvalue weighted by Crippen LogP contribution is 2.23. The minimum Gasteiger partial charge on any atom is -0.325 e. The number of nitrogens with zero attached hydrogens (tertiary/aromatic N) is 2. The number of para-hydroxylation sites is 2. The molecule has 6 heteroatoms. The predicted octanol–water partition coefficient (Wildman–Crippen LogP) is 4.73. The van der Waals surface area contributed by atoms with E-state index in [1.165, 1.54) is 11.8 Å². The summed E-state index contributed by atoms with van der Waals surface area (Å²) in [6, 6.07) is 22.6. The smallest absolute Gasteiger partial charge is 0.266 e. The first-order valence-corrected chi connectivity index (χ1v) is 10.6. The van der Waals surface area contributed by atoms with Gasteiger partial charge in [0.2, 0.25) is 5.91 Å². The molecule has 0 radical (unpaired) electrons. The summed E-state index contributed by atoms with van der Waals surface area (Å²) in [5.74, 6) is -0.00698. The largest absolute Gasteiger partial charge is 0.325 e. The molecule has 1 N–H and O–H groups in total. The summed E-state index contributed by atoms with van der Waals surface area (Å²) < 4.78 is 1.60. The lowest BCUT2D eigenvalue weighted by molar-refractivity contribution is -0.113. The number of hydrogen-bond donors (Lipinski definition) is 1. The zero-order chi connectivity index (χ0) is 21.1. The van der Waals surface area contributed by atoms with Crippen molar-refractivity contribution in [2.45, 2.75) is 19.0 Å².